The van der Waals surface area contributed by atoms with E-state index in [0.717, 1.165) is 12.8 Å². The number of epoxide rings is 1. The topological polar surface area (TPSA) is 38.8 Å². The number of carbonyl (C=O) groups is 1. The maximum Gasteiger partial charge on any atom is 0.338 e. The molecule has 1 heterocycles. The Hall–Kier alpha value is -0.570. The van der Waals surface area contributed by atoms with Crippen LogP contribution in [-0.2, 0) is 14.3 Å². The van der Waals surface area contributed by atoms with Crippen LogP contribution < -0.4 is 0 Å². The lowest BCUT2D eigenvalue weighted by molar-refractivity contribution is -0.142. The summed E-state index contributed by atoms with van der Waals surface area (Å²) in [6.07, 6.45) is 8.29. The van der Waals surface area contributed by atoms with Crippen molar-refractivity contribution in [3.63, 3.8) is 0 Å². The average molecular weight is 228 g/mol. The molecule has 0 aromatic carbocycles. The van der Waals surface area contributed by atoms with Crippen LogP contribution in [0.25, 0.3) is 0 Å². The average Bonchev–Trinajstić information content (AvgIpc) is 2.95. The lowest BCUT2D eigenvalue weighted by Gasteiger charge is -2.05. The molecule has 1 fully saturated rings. The quantitative estimate of drug-likeness (QED) is 0.364. The number of methoxy groups -OCH3 is 1. The molecule has 1 saturated heterocycles. The third-order valence-electron chi connectivity index (χ3n) is 3.33. The summed E-state index contributed by atoms with van der Waals surface area (Å²) >= 11 is 0. The molecule has 2 unspecified atom stereocenters. The zero-order valence-corrected chi connectivity index (χ0v) is 10.8. The van der Waals surface area contributed by atoms with E-state index in [4.69, 9.17) is 4.74 Å². The van der Waals surface area contributed by atoms with Crippen LogP contribution in [0.2, 0.25) is 0 Å². The Morgan fingerprint density at radius 2 is 1.88 bits per heavy atom. The van der Waals surface area contributed by atoms with Crippen molar-refractivity contribution in [2.24, 2.45) is 0 Å². The molecule has 94 valence electrons. The zero-order chi connectivity index (χ0) is 12.0. The van der Waals surface area contributed by atoms with E-state index >= 15 is 0 Å². The van der Waals surface area contributed by atoms with E-state index in [2.05, 4.69) is 11.7 Å². The lowest BCUT2D eigenvalue weighted by Crippen LogP contribution is -2.18. The van der Waals surface area contributed by atoms with Crippen LogP contribution in [0.5, 0.6) is 0 Å². The highest BCUT2D eigenvalue weighted by Gasteiger charge is 2.57. The van der Waals surface area contributed by atoms with Gasteiger partial charge in [0, 0.05) is 0 Å². The Balaban J connectivity index is 2.04. The van der Waals surface area contributed by atoms with E-state index in [0.29, 0.717) is 0 Å². The third-order valence-corrected chi connectivity index (χ3v) is 3.33. The van der Waals surface area contributed by atoms with Crippen molar-refractivity contribution in [1.29, 1.82) is 0 Å². The monoisotopic (exact) mass is 228 g/mol. The summed E-state index contributed by atoms with van der Waals surface area (Å²) in [5.41, 5.74) is -0.238. The standard InChI is InChI=1S/C13H24O3/c1-4-5-6-7-8-9-10-13(2)11(16-13)12(14)15-3/h11H,4-10H2,1-3H3. The number of hydrogen-bond acceptors (Lipinski definition) is 3. The third kappa shape index (κ3) is 3.78. The van der Waals surface area contributed by atoms with Gasteiger partial charge in [-0.1, -0.05) is 45.4 Å². The zero-order valence-electron chi connectivity index (χ0n) is 10.8. The van der Waals surface area contributed by atoms with Crippen molar-refractivity contribution in [2.45, 2.75) is 70.5 Å². The molecular formula is C13H24O3. The SMILES string of the molecule is CCCCCCCCC1(C)OC1C(=O)OC. The minimum atomic E-state index is -0.312. The molecule has 0 N–H and O–H groups in total. The second-order valence-electron chi connectivity index (χ2n) is 4.85. The van der Waals surface area contributed by atoms with Gasteiger partial charge in [0.2, 0.25) is 0 Å². The predicted molar refractivity (Wildman–Crippen MR) is 63.3 cm³/mol. The Labute approximate surface area is 98.5 Å². The first-order chi connectivity index (χ1) is 7.64. The molecule has 1 aliphatic heterocycles. The Morgan fingerprint density at radius 1 is 1.25 bits per heavy atom. The first-order valence-electron chi connectivity index (χ1n) is 6.39. The maximum atomic E-state index is 11.2. The molecule has 16 heavy (non-hydrogen) atoms. The Morgan fingerprint density at radius 3 is 2.50 bits per heavy atom. The minimum Gasteiger partial charge on any atom is -0.467 e. The van der Waals surface area contributed by atoms with Crippen molar-refractivity contribution >= 4 is 5.97 Å². The van der Waals surface area contributed by atoms with Gasteiger partial charge in [-0.15, -0.1) is 0 Å². The van der Waals surface area contributed by atoms with E-state index in [9.17, 15) is 4.79 Å². The molecule has 2 atom stereocenters. The highest BCUT2D eigenvalue weighted by molar-refractivity contribution is 5.79. The second-order valence-corrected chi connectivity index (χ2v) is 4.85. The van der Waals surface area contributed by atoms with Gasteiger partial charge in [0.05, 0.1) is 7.11 Å². The fourth-order valence-corrected chi connectivity index (χ4v) is 2.09. The molecule has 0 saturated carbocycles. The molecule has 0 bridgehead atoms. The van der Waals surface area contributed by atoms with Crippen LogP contribution in [0, 0.1) is 0 Å². The van der Waals surface area contributed by atoms with E-state index in [-0.39, 0.29) is 17.7 Å². The van der Waals surface area contributed by atoms with Gasteiger partial charge in [-0.25, -0.2) is 4.79 Å². The smallest absolute Gasteiger partial charge is 0.338 e. The molecule has 1 aliphatic rings. The van der Waals surface area contributed by atoms with E-state index in [1.54, 1.807) is 0 Å². The Kier molecular flexibility index (Phi) is 5.26. The molecule has 0 aliphatic carbocycles. The van der Waals surface area contributed by atoms with Gasteiger partial charge < -0.3 is 9.47 Å². The highest BCUT2D eigenvalue weighted by Crippen LogP contribution is 2.41. The van der Waals surface area contributed by atoms with Crippen molar-refractivity contribution in [3.05, 3.63) is 0 Å². The van der Waals surface area contributed by atoms with E-state index in [1.807, 2.05) is 6.92 Å². The summed E-state index contributed by atoms with van der Waals surface area (Å²) in [6.45, 7) is 4.22. The number of rotatable bonds is 8. The van der Waals surface area contributed by atoms with Gasteiger partial charge in [-0.3, -0.25) is 0 Å². The van der Waals surface area contributed by atoms with Crippen molar-refractivity contribution < 1.29 is 14.3 Å². The molecule has 3 heteroatoms. The van der Waals surface area contributed by atoms with Gasteiger partial charge >= 0.3 is 5.97 Å². The summed E-state index contributed by atoms with van der Waals surface area (Å²) in [5, 5.41) is 0. The molecule has 0 spiro atoms. The lowest BCUT2D eigenvalue weighted by atomic mass is 9.98. The Bertz CT molecular complexity index is 227. The van der Waals surface area contributed by atoms with Crippen LogP contribution in [0.3, 0.4) is 0 Å². The summed E-state index contributed by atoms with van der Waals surface area (Å²) in [7, 11) is 1.41. The number of carbonyl (C=O) groups excluding carboxylic acids is 1. The van der Waals surface area contributed by atoms with Crippen molar-refractivity contribution in [3.8, 4) is 0 Å². The van der Waals surface area contributed by atoms with E-state index < -0.39 is 0 Å². The van der Waals surface area contributed by atoms with Gasteiger partial charge in [0.25, 0.3) is 0 Å². The van der Waals surface area contributed by atoms with Gasteiger partial charge in [0.15, 0.2) is 6.10 Å². The number of esters is 1. The molecular weight excluding hydrogens is 204 g/mol. The summed E-state index contributed by atoms with van der Waals surface area (Å²) in [5.74, 6) is -0.228. The molecule has 0 aromatic rings. The van der Waals surface area contributed by atoms with Gasteiger partial charge in [-0.2, -0.15) is 0 Å². The summed E-state index contributed by atoms with van der Waals surface area (Å²) in [6, 6.07) is 0. The second kappa shape index (κ2) is 6.24. The van der Waals surface area contributed by atoms with Crippen LogP contribution in [0.1, 0.15) is 58.8 Å². The fourth-order valence-electron chi connectivity index (χ4n) is 2.09. The highest BCUT2D eigenvalue weighted by atomic mass is 16.6. The van der Waals surface area contributed by atoms with Crippen LogP contribution in [0.4, 0.5) is 0 Å². The van der Waals surface area contributed by atoms with Crippen LogP contribution >= 0.6 is 0 Å². The summed E-state index contributed by atoms with van der Waals surface area (Å²) in [4.78, 5) is 11.2. The number of unbranched alkanes of at least 4 members (excludes halogenated alkanes) is 5. The van der Waals surface area contributed by atoms with Crippen molar-refractivity contribution in [1.82, 2.24) is 0 Å². The van der Waals surface area contributed by atoms with Gasteiger partial charge in [-0.05, 0) is 13.3 Å². The maximum absolute atomic E-state index is 11.2. The van der Waals surface area contributed by atoms with Crippen molar-refractivity contribution in [2.75, 3.05) is 7.11 Å². The molecule has 3 nitrogen and oxygen atoms in total. The normalized spacial score (nSPS) is 27.8. The molecule has 0 aromatic heterocycles. The first kappa shape index (κ1) is 13.5. The molecule has 1 rings (SSSR count). The number of ether oxygens (including phenoxy) is 2. The van der Waals surface area contributed by atoms with E-state index in [1.165, 1.54) is 39.2 Å². The largest absolute Gasteiger partial charge is 0.467 e. The number of hydrogen-bond donors (Lipinski definition) is 0. The van der Waals surface area contributed by atoms with Crippen LogP contribution in [-0.4, -0.2) is 24.8 Å². The van der Waals surface area contributed by atoms with Crippen LogP contribution in [0.15, 0.2) is 0 Å². The minimum absolute atomic E-state index is 0.228. The fraction of sp³-hybridized carbons (Fsp3) is 0.923. The predicted octanol–water partition coefficient (Wildman–Crippen LogP) is 3.07. The molecule has 0 amide bonds. The van der Waals surface area contributed by atoms with Gasteiger partial charge in [0.1, 0.15) is 5.60 Å². The summed E-state index contributed by atoms with van der Waals surface area (Å²) < 4.78 is 10.1. The first-order valence-corrected chi connectivity index (χ1v) is 6.39. The molecule has 0 radical (unpaired) electrons.